The lowest BCUT2D eigenvalue weighted by atomic mass is 10.1. The largest absolute Gasteiger partial charge is 0.493 e. The molecule has 0 N–H and O–H groups in total. The van der Waals surface area contributed by atoms with E-state index < -0.39 is 0 Å². The van der Waals surface area contributed by atoms with E-state index in [0.29, 0.717) is 39.4 Å². The summed E-state index contributed by atoms with van der Waals surface area (Å²) in [6.45, 7) is 0.281. The molecule has 0 radical (unpaired) electrons. The lowest BCUT2D eigenvalue weighted by Gasteiger charge is -2.22. The van der Waals surface area contributed by atoms with Gasteiger partial charge in [-0.25, -0.2) is 4.98 Å². The van der Waals surface area contributed by atoms with Crippen LogP contribution in [0.25, 0.3) is 0 Å². The molecule has 0 aliphatic carbocycles. The van der Waals surface area contributed by atoms with Crippen LogP contribution in [0.4, 0.5) is 5.13 Å². The molecule has 1 heterocycles. The number of anilines is 1. The Balaban J connectivity index is 2.02. The van der Waals surface area contributed by atoms with E-state index in [0.717, 1.165) is 5.56 Å². The molecule has 31 heavy (non-hydrogen) atoms. The Morgan fingerprint density at radius 3 is 2.03 bits per heavy atom. The fourth-order valence-electron chi connectivity index (χ4n) is 3.10. The predicted molar refractivity (Wildman–Crippen MR) is 118 cm³/mol. The van der Waals surface area contributed by atoms with Gasteiger partial charge in [-0.05, 0) is 29.8 Å². The number of ether oxygens (including phenoxy) is 5. The number of carbonyl (C=O) groups excluding carboxylic acids is 1. The first kappa shape index (κ1) is 22.2. The first-order valence-corrected chi connectivity index (χ1v) is 10.2. The van der Waals surface area contributed by atoms with Gasteiger partial charge < -0.3 is 23.7 Å². The van der Waals surface area contributed by atoms with Crippen LogP contribution in [-0.2, 0) is 6.54 Å². The van der Waals surface area contributed by atoms with E-state index in [2.05, 4.69) is 4.98 Å². The number of nitrogens with zero attached hydrogens (tertiary/aromatic N) is 2. The fourth-order valence-corrected chi connectivity index (χ4v) is 3.74. The zero-order valence-electron chi connectivity index (χ0n) is 18.0. The molecule has 8 nitrogen and oxygen atoms in total. The van der Waals surface area contributed by atoms with Crippen molar-refractivity contribution >= 4 is 22.4 Å². The number of benzene rings is 2. The second-order valence-corrected chi connectivity index (χ2v) is 7.18. The molecule has 0 saturated heterocycles. The molecule has 0 spiro atoms. The van der Waals surface area contributed by atoms with E-state index >= 15 is 0 Å². The Hall–Kier alpha value is -3.46. The van der Waals surface area contributed by atoms with Gasteiger partial charge in [0.25, 0.3) is 5.91 Å². The molecule has 0 fully saturated rings. The molecular weight excluding hydrogens is 420 g/mol. The Labute approximate surface area is 184 Å². The standard InChI is InChI=1S/C22H24N2O6S/c1-26-16-7-6-14(10-17(16)27-2)13-24(22-23-8-9-31-22)21(25)15-11-18(28-3)20(30-5)19(12-15)29-4/h6-12H,13H2,1-5H3. The van der Waals surface area contributed by atoms with Crippen molar-refractivity contribution < 1.29 is 28.5 Å². The van der Waals surface area contributed by atoms with Gasteiger partial charge in [0.15, 0.2) is 28.1 Å². The summed E-state index contributed by atoms with van der Waals surface area (Å²) < 4.78 is 26.8. The lowest BCUT2D eigenvalue weighted by molar-refractivity contribution is 0.0984. The van der Waals surface area contributed by atoms with E-state index in [1.165, 1.54) is 32.7 Å². The number of carbonyl (C=O) groups is 1. The number of thiazole rings is 1. The van der Waals surface area contributed by atoms with Crippen LogP contribution < -0.4 is 28.6 Å². The van der Waals surface area contributed by atoms with E-state index in [-0.39, 0.29) is 12.5 Å². The molecule has 0 saturated carbocycles. The van der Waals surface area contributed by atoms with Gasteiger partial charge in [0.05, 0.1) is 42.1 Å². The lowest BCUT2D eigenvalue weighted by Crippen LogP contribution is -2.30. The van der Waals surface area contributed by atoms with Crippen molar-refractivity contribution in [1.29, 1.82) is 0 Å². The van der Waals surface area contributed by atoms with Gasteiger partial charge in [-0.1, -0.05) is 6.07 Å². The second-order valence-electron chi connectivity index (χ2n) is 6.31. The Kier molecular flexibility index (Phi) is 7.19. The van der Waals surface area contributed by atoms with Crippen LogP contribution in [0.15, 0.2) is 41.9 Å². The Morgan fingerprint density at radius 2 is 1.52 bits per heavy atom. The fraction of sp³-hybridized carbons (Fsp3) is 0.273. The third-order valence-electron chi connectivity index (χ3n) is 4.60. The summed E-state index contributed by atoms with van der Waals surface area (Å²) in [6, 6.07) is 8.77. The van der Waals surface area contributed by atoms with Gasteiger partial charge in [0, 0.05) is 17.1 Å². The van der Waals surface area contributed by atoms with Crippen LogP contribution in [0.5, 0.6) is 28.7 Å². The molecule has 1 amide bonds. The van der Waals surface area contributed by atoms with E-state index in [1.807, 2.05) is 17.5 Å². The molecule has 164 valence electrons. The highest BCUT2D eigenvalue weighted by molar-refractivity contribution is 7.13. The minimum Gasteiger partial charge on any atom is -0.493 e. The maximum absolute atomic E-state index is 13.5. The first-order valence-electron chi connectivity index (χ1n) is 9.28. The van der Waals surface area contributed by atoms with Crippen molar-refractivity contribution in [1.82, 2.24) is 4.98 Å². The van der Waals surface area contributed by atoms with Crippen molar-refractivity contribution in [2.75, 3.05) is 40.4 Å². The van der Waals surface area contributed by atoms with Crippen LogP contribution in [0.1, 0.15) is 15.9 Å². The summed E-state index contributed by atoms with van der Waals surface area (Å²) >= 11 is 1.37. The van der Waals surface area contributed by atoms with Gasteiger partial charge >= 0.3 is 0 Å². The van der Waals surface area contributed by atoms with E-state index in [4.69, 9.17) is 23.7 Å². The molecule has 2 aromatic carbocycles. The number of rotatable bonds is 9. The number of amides is 1. The zero-order valence-corrected chi connectivity index (χ0v) is 18.8. The summed E-state index contributed by atoms with van der Waals surface area (Å²) in [5.74, 6) is 2.15. The minimum absolute atomic E-state index is 0.260. The van der Waals surface area contributed by atoms with Crippen LogP contribution >= 0.6 is 11.3 Å². The summed E-state index contributed by atoms with van der Waals surface area (Å²) in [6.07, 6.45) is 1.66. The van der Waals surface area contributed by atoms with Crippen molar-refractivity contribution in [3.63, 3.8) is 0 Å². The van der Waals surface area contributed by atoms with Crippen LogP contribution in [-0.4, -0.2) is 46.4 Å². The van der Waals surface area contributed by atoms with E-state index in [1.54, 1.807) is 43.5 Å². The van der Waals surface area contributed by atoms with Crippen molar-refractivity contribution in [3.05, 3.63) is 53.0 Å². The smallest absolute Gasteiger partial charge is 0.260 e. The molecule has 9 heteroatoms. The van der Waals surface area contributed by atoms with Crippen LogP contribution in [0.2, 0.25) is 0 Å². The van der Waals surface area contributed by atoms with Crippen molar-refractivity contribution in [2.45, 2.75) is 6.54 Å². The van der Waals surface area contributed by atoms with Gasteiger partial charge in [-0.15, -0.1) is 11.3 Å². The number of methoxy groups -OCH3 is 5. The molecule has 0 unspecified atom stereocenters. The quantitative estimate of drug-likeness (QED) is 0.493. The predicted octanol–water partition coefficient (Wildman–Crippen LogP) is 4.03. The van der Waals surface area contributed by atoms with Gasteiger partial charge in [0.1, 0.15) is 0 Å². The second kappa shape index (κ2) is 10.0. The first-order chi connectivity index (χ1) is 15.1. The molecule has 0 aliphatic rings. The number of hydrogen-bond donors (Lipinski definition) is 0. The average molecular weight is 445 g/mol. The Morgan fingerprint density at radius 1 is 0.871 bits per heavy atom. The third-order valence-corrected chi connectivity index (χ3v) is 5.39. The van der Waals surface area contributed by atoms with Crippen LogP contribution in [0.3, 0.4) is 0 Å². The van der Waals surface area contributed by atoms with Crippen molar-refractivity contribution in [2.24, 2.45) is 0 Å². The molecule has 0 aliphatic heterocycles. The minimum atomic E-state index is -0.260. The van der Waals surface area contributed by atoms with Crippen molar-refractivity contribution in [3.8, 4) is 28.7 Å². The average Bonchev–Trinajstić information content (AvgIpc) is 3.35. The number of hydrogen-bond acceptors (Lipinski definition) is 8. The molecule has 3 rings (SSSR count). The highest BCUT2D eigenvalue weighted by Gasteiger charge is 2.24. The number of aromatic nitrogens is 1. The molecule has 1 aromatic heterocycles. The molecule has 0 bridgehead atoms. The van der Waals surface area contributed by atoms with Gasteiger partial charge in [0.2, 0.25) is 5.75 Å². The maximum atomic E-state index is 13.5. The highest BCUT2D eigenvalue weighted by atomic mass is 32.1. The van der Waals surface area contributed by atoms with Gasteiger partial charge in [-0.2, -0.15) is 0 Å². The summed E-state index contributed by atoms with van der Waals surface area (Å²) in [4.78, 5) is 19.5. The highest BCUT2D eigenvalue weighted by Crippen LogP contribution is 2.39. The zero-order chi connectivity index (χ0) is 22.4. The Bertz CT molecular complexity index is 1010. The summed E-state index contributed by atoms with van der Waals surface area (Å²) in [5.41, 5.74) is 1.24. The topological polar surface area (TPSA) is 79.4 Å². The molecular formula is C22H24N2O6S. The van der Waals surface area contributed by atoms with Crippen LogP contribution in [0, 0.1) is 0 Å². The third kappa shape index (κ3) is 4.66. The normalized spacial score (nSPS) is 10.4. The molecule has 0 atom stereocenters. The maximum Gasteiger partial charge on any atom is 0.260 e. The SMILES string of the molecule is COc1ccc(CN(C(=O)c2cc(OC)c(OC)c(OC)c2)c2nccs2)cc1OC. The molecule has 3 aromatic rings. The summed E-state index contributed by atoms with van der Waals surface area (Å²) in [7, 11) is 7.68. The van der Waals surface area contributed by atoms with Gasteiger partial charge in [-0.3, -0.25) is 9.69 Å². The van der Waals surface area contributed by atoms with E-state index in [9.17, 15) is 4.79 Å². The monoisotopic (exact) mass is 444 g/mol. The summed E-state index contributed by atoms with van der Waals surface area (Å²) in [5, 5.41) is 2.38.